The van der Waals surface area contributed by atoms with Crippen LogP contribution >= 0.6 is 11.6 Å². The molecule has 0 atom stereocenters. The van der Waals surface area contributed by atoms with Crippen LogP contribution in [0.15, 0.2) is 76.3 Å². The molecule has 0 bridgehead atoms. The van der Waals surface area contributed by atoms with Gasteiger partial charge in [-0.25, -0.2) is 4.79 Å². The van der Waals surface area contributed by atoms with Gasteiger partial charge in [-0.2, -0.15) is 0 Å². The number of benzene rings is 3. The molecule has 1 amide bonds. The number of hydrogen-bond acceptors (Lipinski definition) is 5. The van der Waals surface area contributed by atoms with E-state index in [0.717, 1.165) is 10.1 Å². The summed E-state index contributed by atoms with van der Waals surface area (Å²) in [5.41, 5.74) is 0.593. The van der Waals surface area contributed by atoms with E-state index in [2.05, 4.69) is 5.32 Å². The highest BCUT2D eigenvalue weighted by atomic mass is 35.5. The molecular formula is C25H22ClN3O5. The van der Waals surface area contributed by atoms with E-state index in [4.69, 9.17) is 21.1 Å². The van der Waals surface area contributed by atoms with Gasteiger partial charge in [0.25, 0.3) is 5.56 Å². The molecule has 0 unspecified atom stereocenters. The predicted molar refractivity (Wildman–Crippen MR) is 131 cm³/mol. The molecule has 0 aliphatic carbocycles. The second-order valence-electron chi connectivity index (χ2n) is 7.52. The van der Waals surface area contributed by atoms with Gasteiger partial charge in [0.05, 0.1) is 31.7 Å². The zero-order valence-corrected chi connectivity index (χ0v) is 19.3. The molecule has 0 saturated carbocycles. The van der Waals surface area contributed by atoms with Crippen molar-refractivity contribution in [1.82, 2.24) is 9.13 Å². The van der Waals surface area contributed by atoms with E-state index in [1.165, 1.54) is 18.8 Å². The van der Waals surface area contributed by atoms with Crippen LogP contribution in [0.4, 0.5) is 5.69 Å². The molecule has 0 saturated heterocycles. The lowest BCUT2D eigenvalue weighted by Gasteiger charge is -2.15. The average molecular weight is 480 g/mol. The molecule has 174 valence electrons. The minimum absolute atomic E-state index is 0.0525. The number of para-hydroxylation sites is 1. The number of fused-ring (bicyclic) bond motifs is 1. The van der Waals surface area contributed by atoms with Crippen molar-refractivity contribution >= 4 is 34.1 Å². The molecule has 0 radical (unpaired) electrons. The smallest absolute Gasteiger partial charge is 0.332 e. The molecule has 1 aromatic heterocycles. The van der Waals surface area contributed by atoms with Gasteiger partial charge in [-0.3, -0.25) is 18.7 Å². The van der Waals surface area contributed by atoms with Crippen LogP contribution in [0.1, 0.15) is 5.56 Å². The molecule has 4 rings (SSSR count). The van der Waals surface area contributed by atoms with Crippen molar-refractivity contribution in [3.8, 4) is 11.5 Å². The molecule has 8 nitrogen and oxygen atoms in total. The fourth-order valence-corrected chi connectivity index (χ4v) is 3.82. The quantitative estimate of drug-likeness (QED) is 0.438. The van der Waals surface area contributed by atoms with Gasteiger partial charge in [-0.05, 0) is 42.0 Å². The Morgan fingerprint density at radius 2 is 1.62 bits per heavy atom. The number of carbonyl (C=O) groups is 1. The van der Waals surface area contributed by atoms with Crippen molar-refractivity contribution in [3.05, 3.63) is 98.2 Å². The SMILES string of the molecule is COc1ccc(NC(=O)Cn2c(=O)n(Cc3ccc(Cl)cc3)c(=O)c3ccccc32)cc1OC. The van der Waals surface area contributed by atoms with Gasteiger partial charge in [0.2, 0.25) is 5.91 Å². The Bertz CT molecular complexity index is 1480. The maximum absolute atomic E-state index is 13.3. The van der Waals surface area contributed by atoms with E-state index in [1.807, 2.05) is 0 Å². The standard InChI is InChI=1S/C25H22ClN3O5/c1-33-21-12-11-18(13-22(21)34-2)27-23(30)15-28-20-6-4-3-5-19(20)24(31)29(25(28)32)14-16-7-9-17(26)10-8-16/h3-13H,14-15H2,1-2H3,(H,27,30). The summed E-state index contributed by atoms with van der Waals surface area (Å²) < 4.78 is 12.9. The number of hydrogen-bond donors (Lipinski definition) is 1. The number of nitrogens with zero attached hydrogens (tertiary/aromatic N) is 2. The monoisotopic (exact) mass is 479 g/mol. The first kappa shape index (κ1) is 23.1. The first-order valence-electron chi connectivity index (χ1n) is 10.4. The van der Waals surface area contributed by atoms with E-state index in [9.17, 15) is 14.4 Å². The first-order chi connectivity index (χ1) is 16.4. The molecule has 0 fully saturated rings. The van der Waals surface area contributed by atoms with Gasteiger partial charge in [-0.1, -0.05) is 35.9 Å². The summed E-state index contributed by atoms with van der Waals surface area (Å²) in [6, 6.07) is 18.6. The van der Waals surface area contributed by atoms with Crippen LogP contribution in [-0.4, -0.2) is 29.3 Å². The summed E-state index contributed by atoms with van der Waals surface area (Å²) >= 11 is 5.95. The summed E-state index contributed by atoms with van der Waals surface area (Å²) in [6.45, 7) is -0.231. The Labute approximate surface area is 199 Å². The maximum Gasteiger partial charge on any atom is 0.332 e. The largest absolute Gasteiger partial charge is 0.493 e. The normalized spacial score (nSPS) is 10.8. The second kappa shape index (κ2) is 9.84. The van der Waals surface area contributed by atoms with E-state index in [0.29, 0.717) is 33.1 Å². The van der Waals surface area contributed by atoms with E-state index in [1.54, 1.807) is 66.7 Å². The number of aromatic nitrogens is 2. The molecular weight excluding hydrogens is 458 g/mol. The minimum atomic E-state index is -0.582. The van der Waals surface area contributed by atoms with Crippen LogP contribution < -0.4 is 26.0 Å². The van der Waals surface area contributed by atoms with Crippen LogP contribution in [0, 0.1) is 0 Å². The summed E-state index contributed by atoms with van der Waals surface area (Å²) in [7, 11) is 3.02. The number of amides is 1. The van der Waals surface area contributed by atoms with Crippen molar-refractivity contribution in [3.63, 3.8) is 0 Å². The molecule has 3 aromatic carbocycles. The van der Waals surface area contributed by atoms with E-state index >= 15 is 0 Å². The van der Waals surface area contributed by atoms with Gasteiger partial charge in [-0.15, -0.1) is 0 Å². The third-order valence-corrected chi connectivity index (χ3v) is 5.61. The molecule has 1 heterocycles. The molecule has 9 heteroatoms. The number of halogens is 1. The summed E-state index contributed by atoms with van der Waals surface area (Å²) in [4.78, 5) is 39.3. The third kappa shape index (κ3) is 4.67. The third-order valence-electron chi connectivity index (χ3n) is 5.36. The molecule has 34 heavy (non-hydrogen) atoms. The van der Waals surface area contributed by atoms with E-state index < -0.39 is 17.2 Å². The lowest BCUT2D eigenvalue weighted by Crippen LogP contribution is -2.42. The van der Waals surface area contributed by atoms with Gasteiger partial charge in [0.15, 0.2) is 11.5 Å². The zero-order valence-electron chi connectivity index (χ0n) is 18.6. The van der Waals surface area contributed by atoms with Crippen LogP contribution in [0.3, 0.4) is 0 Å². The topological polar surface area (TPSA) is 91.6 Å². The summed E-state index contributed by atoms with van der Waals surface area (Å²) in [5, 5.41) is 3.66. The minimum Gasteiger partial charge on any atom is -0.493 e. The van der Waals surface area contributed by atoms with E-state index in [-0.39, 0.29) is 13.1 Å². The fraction of sp³-hybridized carbons (Fsp3) is 0.160. The number of ether oxygens (including phenoxy) is 2. The first-order valence-corrected chi connectivity index (χ1v) is 10.8. The number of carbonyl (C=O) groups excluding carboxylic acids is 1. The van der Waals surface area contributed by atoms with Gasteiger partial charge < -0.3 is 14.8 Å². The zero-order chi connectivity index (χ0) is 24.2. The second-order valence-corrected chi connectivity index (χ2v) is 7.96. The average Bonchev–Trinajstić information content (AvgIpc) is 2.85. The van der Waals surface area contributed by atoms with Crippen molar-refractivity contribution in [2.45, 2.75) is 13.1 Å². The Morgan fingerprint density at radius 1 is 0.912 bits per heavy atom. The lowest BCUT2D eigenvalue weighted by molar-refractivity contribution is -0.116. The Balaban J connectivity index is 1.70. The molecule has 0 aliphatic heterocycles. The Kier molecular flexibility index (Phi) is 6.70. The van der Waals surface area contributed by atoms with Crippen LogP contribution in [-0.2, 0) is 17.9 Å². The van der Waals surface area contributed by atoms with Gasteiger partial charge in [0.1, 0.15) is 6.54 Å². The molecule has 4 aromatic rings. The van der Waals surface area contributed by atoms with Crippen molar-refractivity contribution in [2.75, 3.05) is 19.5 Å². The summed E-state index contributed by atoms with van der Waals surface area (Å²) in [5.74, 6) is 0.549. The molecule has 0 aliphatic rings. The maximum atomic E-state index is 13.3. The Hall–Kier alpha value is -4.04. The van der Waals surface area contributed by atoms with Gasteiger partial charge >= 0.3 is 5.69 Å². The van der Waals surface area contributed by atoms with Gasteiger partial charge in [0, 0.05) is 16.8 Å². The highest BCUT2D eigenvalue weighted by molar-refractivity contribution is 6.30. The number of rotatable bonds is 7. The predicted octanol–water partition coefficient (Wildman–Crippen LogP) is 3.52. The number of methoxy groups -OCH3 is 2. The van der Waals surface area contributed by atoms with Crippen molar-refractivity contribution in [1.29, 1.82) is 0 Å². The lowest BCUT2D eigenvalue weighted by atomic mass is 10.2. The summed E-state index contributed by atoms with van der Waals surface area (Å²) in [6.07, 6.45) is 0. The highest BCUT2D eigenvalue weighted by Crippen LogP contribution is 2.29. The van der Waals surface area contributed by atoms with Crippen LogP contribution in [0.5, 0.6) is 11.5 Å². The van der Waals surface area contributed by atoms with Crippen LogP contribution in [0.2, 0.25) is 5.02 Å². The number of anilines is 1. The fourth-order valence-electron chi connectivity index (χ4n) is 3.69. The van der Waals surface area contributed by atoms with Crippen molar-refractivity contribution in [2.24, 2.45) is 0 Å². The number of nitrogens with one attached hydrogen (secondary N) is 1. The molecule has 1 N–H and O–H groups in total. The van der Waals surface area contributed by atoms with Crippen molar-refractivity contribution < 1.29 is 14.3 Å². The molecule has 0 spiro atoms. The van der Waals surface area contributed by atoms with Crippen LogP contribution in [0.25, 0.3) is 10.9 Å². The highest BCUT2D eigenvalue weighted by Gasteiger charge is 2.16. The Morgan fingerprint density at radius 3 is 2.32 bits per heavy atom.